The maximum Gasteiger partial charge on any atom is 0.222 e. The number of benzene rings is 1. The summed E-state index contributed by atoms with van der Waals surface area (Å²) in [7, 11) is 0. The number of rotatable bonds is 3. The number of halogens is 1. The van der Waals surface area contributed by atoms with Crippen LogP contribution in [0.2, 0.25) is 0 Å². The molecule has 0 aliphatic heterocycles. The highest BCUT2D eigenvalue weighted by molar-refractivity contribution is 5.90. The monoisotopic (exact) mass is 350 g/mol. The van der Waals surface area contributed by atoms with E-state index in [0.29, 0.717) is 40.5 Å². The number of anilines is 2. The molecule has 8 nitrogen and oxygen atoms in total. The summed E-state index contributed by atoms with van der Waals surface area (Å²) in [5.74, 6) is 0.425. The van der Waals surface area contributed by atoms with Gasteiger partial charge in [-0.2, -0.15) is 4.98 Å². The van der Waals surface area contributed by atoms with Crippen LogP contribution in [0.15, 0.2) is 36.5 Å². The molecule has 0 bridgehead atoms. The second-order valence-electron chi connectivity index (χ2n) is 5.59. The molecular formula is C17H15FN8. The molecule has 4 aromatic rings. The van der Waals surface area contributed by atoms with E-state index >= 15 is 0 Å². The summed E-state index contributed by atoms with van der Waals surface area (Å²) in [4.78, 5) is 21.4. The lowest BCUT2D eigenvalue weighted by molar-refractivity contribution is 0.628. The molecule has 0 fully saturated rings. The van der Waals surface area contributed by atoms with E-state index in [1.165, 1.54) is 12.1 Å². The van der Waals surface area contributed by atoms with E-state index in [9.17, 15) is 4.39 Å². The van der Waals surface area contributed by atoms with Gasteiger partial charge in [-0.05, 0) is 25.1 Å². The number of aryl methyl sites for hydroxylation is 1. The summed E-state index contributed by atoms with van der Waals surface area (Å²) in [6.07, 6.45) is 1.56. The quantitative estimate of drug-likeness (QED) is 0.581. The first-order valence-corrected chi connectivity index (χ1v) is 7.95. The highest BCUT2D eigenvalue weighted by Gasteiger charge is 2.19. The fraction of sp³-hybridized carbons (Fsp3) is 0.118. The van der Waals surface area contributed by atoms with Crippen LogP contribution in [-0.4, -0.2) is 29.5 Å². The predicted molar refractivity (Wildman–Crippen MR) is 96.2 cm³/mol. The molecule has 0 radical (unpaired) electrons. The maximum absolute atomic E-state index is 13.7. The number of aromatic nitrogens is 6. The summed E-state index contributed by atoms with van der Waals surface area (Å²) >= 11 is 0. The summed E-state index contributed by atoms with van der Waals surface area (Å²) in [6, 6.07) is 7.82. The highest BCUT2D eigenvalue weighted by Crippen LogP contribution is 2.30. The maximum atomic E-state index is 13.7. The van der Waals surface area contributed by atoms with Gasteiger partial charge in [0.05, 0.1) is 0 Å². The predicted octanol–water partition coefficient (Wildman–Crippen LogP) is 2.27. The molecule has 4 rings (SSSR count). The van der Waals surface area contributed by atoms with E-state index in [1.54, 1.807) is 24.4 Å². The Morgan fingerprint density at radius 3 is 2.62 bits per heavy atom. The average Bonchev–Trinajstić information content (AvgIpc) is 2.99. The standard InChI is InChI=1S/C17H15FN8/c1-2-26-14(11-6-7-21-16(19)22-11)23-13-12(24-17(20)25-15(13)26)9-4-3-5-10(18)8-9/h3-8H,2H2,1H3,(H2,19,21,22)(H2,20,24,25). The molecule has 0 atom stereocenters. The molecule has 9 heteroatoms. The van der Waals surface area contributed by atoms with Crippen molar-refractivity contribution in [2.45, 2.75) is 13.5 Å². The number of nitrogens with zero attached hydrogens (tertiary/aromatic N) is 6. The number of imidazole rings is 1. The van der Waals surface area contributed by atoms with Crippen LogP contribution in [0.4, 0.5) is 16.3 Å². The van der Waals surface area contributed by atoms with Gasteiger partial charge in [-0.15, -0.1) is 0 Å². The summed E-state index contributed by atoms with van der Waals surface area (Å²) in [6.45, 7) is 2.53. The molecule has 4 N–H and O–H groups in total. The van der Waals surface area contributed by atoms with Gasteiger partial charge < -0.3 is 16.0 Å². The van der Waals surface area contributed by atoms with Crippen LogP contribution in [0.5, 0.6) is 0 Å². The zero-order valence-electron chi connectivity index (χ0n) is 13.9. The smallest absolute Gasteiger partial charge is 0.222 e. The lowest BCUT2D eigenvalue weighted by Gasteiger charge is -2.06. The first-order valence-electron chi connectivity index (χ1n) is 7.95. The SMILES string of the molecule is CCn1c(-c2ccnc(N)n2)nc2c(-c3cccc(F)c3)nc(N)nc21. The lowest BCUT2D eigenvalue weighted by Crippen LogP contribution is -2.04. The molecular weight excluding hydrogens is 335 g/mol. The normalized spacial score (nSPS) is 11.2. The number of nitrogens with two attached hydrogens (primary N) is 2. The van der Waals surface area contributed by atoms with E-state index < -0.39 is 0 Å². The third kappa shape index (κ3) is 2.59. The molecule has 0 saturated heterocycles. The van der Waals surface area contributed by atoms with E-state index in [2.05, 4.69) is 24.9 Å². The van der Waals surface area contributed by atoms with Crippen LogP contribution >= 0.6 is 0 Å². The van der Waals surface area contributed by atoms with E-state index in [4.69, 9.17) is 11.5 Å². The molecule has 130 valence electrons. The zero-order valence-corrected chi connectivity index (χ0v) is 13.9. The number of fused-ring (bicyclic) bond motifs is 1. The van der Waals surface area contributed by atoms with Gasteiger partial charge in [-0.3, -0.25) is 0 Å². The minimum absolute atomic E-state index is 0.0834. The van der Waals surface area contributed by atoms with Gasteiger partial charge in [0.15, 0.2) is 11.5 Å². The molecule has 0 spiro atoms. The molecule has 0 aliphatic carbocycles. The summed E-state index contributed by atoms with van der Waals surface area (Å²) in [5.41, 5.74) is 14.2. The largest absolute Gasteiger partial charge is 0.368 e. The topological polar surface area (TPSA) is 121 Å². The van der Waals surface area contributed by atoms with Crippen LogP contribution in [0.25, 0.3) is 33.9 Å². The Hall–Kier alpha value is -3.62. The Balaban J connectivity index is 2.04. The minimum Gasteiger partial charge on any atom is -0.368 e. The van der Waals surface area contributed by atoms with Crippen LogP contribution in [0.1, 0.15) is 6.92 Å². The highest BCUT2D eigenvalue weighted by atomic mass is 19.1. The number of hydrogen-bond donors (Lipinski definition) is 2. The zero-order chi connectivity index (χ0) is 18.3. The Bertz CT molecular complexity index is 1120. The fourth-order valence-electron chi connectivity index (χ4n) is 2.85. The van der Waals surface area contributed by atoms with Crippen molar-refractivity contribution in [2.75, 3.05) is 11.5 Å². The van der Waals surface area contributed by atoms with Crippen molar-refractivity contribution in [3.8, 4) is 22.8 Å². The van der Waals surface area contributed by atoms with Gasteiger partial charge in [0.25, 0.3) is 0 Å². The Morgan fingerprint density at radius 2 is 1.88 bits per heavy atom. The van der Waals surface area contributed by atoms with Crippen molar-refractivity contribution >= 4 is 23.1 Å². The molecule has 26 heavy (non-hydrogen) atoms. The van der Waals surface area contributed by atoms with Gasteiger partial charge in [-0.1, -0.05) is 12.1 Å². The third-order valence-electron chi connectivity index (χ3n) is 3.93. The van der Waals surface area contributed by atoms with Gasteiger partial charge in [0.2, 0.25) is 11.9 Å². The van der Waals surface area contributed by atoms with Crippen LogP contribution in [0, 0.1) is 5.82 Å². The van der Waals surface area contributed by atoms with Crippen molar-refractivity contribution in [1.29, 1.82) is 0 Å². The fourth-order valence-corrected chi connectivity index (χ4v) is 2.85. The van der Waals surface area contributed by atoms with Crippen molar-refractivity contribution in [3.05, 3.63) is 42.3 Å². The van der Waals surface area contributed by atoms with Gasteiger partial charge >= 0.3 is 0 Å². The Labute approximate surface area is 147 Å². The Kier molecular flexibility index (Phi) is 3.68. The Morgan fingerprint density at radius 1 is 1.04 bits per heavy atom. The molecule has 0 aliphatic rings. The van der Waals surface area contributed by atoms with Gasteiger partial charge in [-0.25, -0.2) is 24.3 Å². The van der Waals surface area contributed by atoms with E-state index in [0.717, 1.165) is 0 Å². The summed E-state index contributed by atoms with van der Waals surface area (Å²) in [5, 5.41) is 0. The molecule has 0 unspecified atom stereocenters. The van der Waals surface area contributed by atoms with Gasteiger partial charge in [0, 0.05) is 18.3 Å². The first kappa shape index (κ1) is 15.9. The molecule has 0 amide bonds. The lowest BCUT2D eigenvalue weighted by atomic mass is 10.1. The van der Waals surface area contributed by atoms with Gasteiger partial charge in [0.1, 0.15) is 22.7 Å². The molecule has 3 heterocycles. The first-order chi connectivity index (χ1) is 12.6. The molecule has 1 aromatic carbocycles. The minimum atomic E-state index is -0.369. The van der Waals surface area contributed by atoms with Crippen molar-refractivity contribution < 1.29 is 4.39 Å². The van der Waals surface area contributed by atoms with Crippen molar-refractivity contribution in [2.24, 2.45) is 0 Å². The number of nitrogen functional groups attached to an aromatic ring is 2. The van der Waals surface area contributed by atoms with Crippen LogP contribution < -0.4 is 11.5 Å². The van der Waals surface area contributed by atoms with Crippen molar-refractivity contribution in [3.63, 3.8) is 0 Å². The summed E-state index contributed by atoms with van der Waals surface area (Å²) < 4.78 is 15.5. The van der Waals surface area contributed by atoms with Crippen LogP contribution in [0.3, 0.4) is 0 Å². The molecule has 3 aromatic heterocycles. The second-order valence-corrected chi connectivity index (χ2v) is 5.59. The second kappa shape index (κ2) is 6.03. The number of hydrogen-bond acceptors (Lipinski definition) is 7. The van der Waals surface area contributed by atoms with E-state index in [-0.39, 0.29) is 17.7 Å². The van der Waals surface area contributed by atoms with Crippen LogP contribution in [-0.2, 0) is 6.54 Å². The molecule has 0 saturated carbocycles. The average molecular weight is 350 g/mol. The van der Waals surface area contributed by atoms with E-state index in [1.807, 2.05) is 11.5 Å². The van der Waals surface area contributed by atoms with Crippen molar-refractivity contribution in [1.82, 2.24) is 29.5 Å². The third-order valence-corrected chi connectivity index (χ3v) is 3.93.